The van der Waals surface area contributed by atoms with Gasteiger partial charge in [0.2, 0.25) is 0 Å². The summed E-state index contributed by atoms with van der Waals surface area (Å²) >= 11 is 4.93. The van der Waals surface area contributed by atoms with Crippen molar-refractivity contribution < 1.29 is 8.42 Å². The predicted octanol–water partition coefficient (Wildman–Crippen LogP) is 3.01. The van der Waals surface area contributed by atoms with Crippen LogP contribution < -0.4 is 10.6 Å². The summed E-state index contributed by atoms with van der Waals surface area (Å²) in [7, 11) is -1.66. The van der Waals surface area contributed by atoms with Gasteiger partial charge in [0, 0.05) is 36.4 Å². The lowest BCUT2D eigenvalue weighted by Crippen LogP contribution is -2.40. The van der Waals surface area contributed by atoms with Gasteiger partial charge in [-0.05, 0) is 31.2 Å². The van der Waals surface area contributed by atoms with Crippen molar-refractivity contribution in [3.8, 4) is 0 Å². The third-order valence-electron chi connectivity index (χ3n) is 3.40. The first-order valence-corrected chi connectivity index (χ1v) is 11.1. The minimum Gasteiger partial charge on any atom is -0.356 e. The molecule has 0 aliphatic carbocycles. The van der Waals surface area contributed by atoms with Crippen LogP contribution in [0.2, 0.25) is 0 Å². The smallest absolute Gasteiger partial charge is 0.191 e. The van der Waals surface area contributed by atoms with Crippen molar-refractivity contribution in [3.63, 3.8) is 0 Å². The molecule has 0 aliphatic heterocycles. The van der Waals surface area contributed by atoms with E-state index in [1.165, 1.54) is 0 Å². The van der Waals surface area contributed by atoms with Crippen LogP contribution in [0.4, 0.5) is 0 Å². The number of rotatable bonds is 7. The van der Waals surface area contributed by atoms with Crippen molar-refractivity contribution in [1.29, 1.82) is 0 Å². The maximum atomic E-state index is 12.3. The molecule has 2 rings (SSSR count). The number of halogens is 2. The first-order valence-electron chi connectivity index (χ1n) is 7.74. The number of hydrogen-bond donors (Lipinski definition) is 2. The second-order valence-corrected chi connectivity index (χ2v) is 9.39. The van der Waals surface area contributed by atoms with Gasteiger partial charge in [0.15, 0.2) is 15.8 Å². The molecule has 1 heterocycles. The quantitative estimate of drug-likeness (QED) is 0.303. The SMILES string of the molecule is CN=C(NCCc1csc(C)n1)NCCS(=O)(=O)c1ccc(Br)cc1.I. The maximum absolute atomic E-state index is 12.3. The fraction of sp³-hybridized carbons (Fsp3) is 0.375. The van der Waals surface area contributed by atoms with Gasteiger partial charge in [-0.2, -0.15) is 0 Å². The molecule has 10 heteroatoms. The highest BCUT2D eigenvalue weighted by molar-refractivity contribution is 14.0. The van der Waals surface area contributed by atoms with Crippen LogP contribution >= 0.6 is 51.2 Å². The number of guanidine groups is 1. The highest BCUT2D eigenvalue weighted by atomic mass is 127. The highest BCUT2D eigenvalue weighted by Crippen LogP contribution is 2.15. The Morgan fingerprint density at radius 3 is 2.46 bits per heavy atom. The van der Waals surface area contributed by atoms with Crippen molar-refractivity contribution in [2.24, 2.45) is 4.99 Å². The lowest BCUT2D eigenvalue weighted by molar-refractivity contribution is 0.594. The van der Waals surface area contributed by atoms with Crippen molar-refractivity contribution in [3.05, 3.63) is 44.8 Å². The Morgan fingerprint density at radius 2 is 1.88 bits per heavy atom. The Kier molecular flexibility index (Phi) is 10.0. The number of aryl methyl sites for hydroxylation is 1. The van der Waals surface area contributed by atoms with Crippen molar-refractivity contribution in [2.45, 2.75) is 18.2 Å². The molecule has 0 fully saturated rings. The van der Waals surface area contributed by atoms with E-state index >= 15 is 0 Å². The topological polar surface area (TPSA) is 83.4 Å². The number of aliphatic imine (C=N–C) groups is 1. The highest BCUT2D eigenvalue weighted by Gasteiger charge is 2.14. The number of benzene rings is 1. The van der Waals surface area contributed by atoms with Crippen LogP contribution in [0.25, 0.3) is 0 Å². The zero-order chi connectivity index (χ0) is 18.3. The van der Waals surface area contributed by atoms with E-state index in [0.717, 1.165) is 21.6 Å². The van der Waals surface area contributed by atoms with Crippen LogP contribution in [-0.4, -0.2) is 45.3 Å². The third-order valence-corrected chi connectivity index (χ3v) is 6.48. The molecule has 1 aromatic carbocycles. The van der Waals surface area contributed by atoms with Gasteiger partial charge < -0.3 is 10.6 Å². The van der Waals surface area contributed by atoms with E-state index in [9.17, 15) is 8.42 Å². The molecule has 1 aromatic heterocycles. The van der Waals surface area contributed by atoms with Gasteiger partial charge in [-0.3, -0.25) is 4.99 Å². The molecule has 144 valence electrons. The standard InChI is InChI=1S/C16H21BrN4O2S2.HI/c1-12-21-14(11-24-12)7-8-19-16(18-2)20-9-10-25(22,23)15-5-3-13(17)4-6-15;/h3-6,11H,7-10H2,1-2H3,(H2,18,19,20);1H. The van der Waals surface area contributed by atoms with Gasteiger partial charge in [-0.1, -0.05) is 15.9 Å². The molecule has 0 saturated carbocycles. The second kappa shape index (κ2) is 11.2. The molecule has 0 aliphatic rings. The minimum absolute atomic E-state index is 0. The number of sulfone groups is 1. The van der Waals surface area contributed by atoms with Gasteiger partial charge in [0.25, 0.3) is 0 Å². The number of nitrogens with zero attached hydrogens (tertiary/aromatic N) is 2. The van der Waals surface area contributed by atoms with Gasteiger partial charge in [-0.15, -0.1) is 35.3 Å². The summed E-state index contributed by atoms with van der Waals surface area (Å²) in [5.74, 6) is 0.582. The van der Waals surface area contributed by atoms with Crippen molar-refractivity contribution >= 4 is 67.0 Å². The van der Waals surface area contributed by atoms with E-state index in [2.05, 4.69) is 36.5 Å². The number of aromatic nitrogens is 1. The predicted molar refractivity (Wildman–Crippen MR) is 122 cm³/mol. The van der Waals surface area contributed by atoms with Crippen molar-refractivity contribution in [2.75, 3.05) is 25.9 Å². The first kappa shape index (κ1) is 23.3. The van der Waals surface area contributed by atoms with Crippen LogP contribution in [0, 0.1) is 6.92 Å². The Hall–Kier alpha value is -0.720. The molecule has 2 N–H and O–H groups in total. The van der Waals surface area contributed by atoms with Gasteiger partial charge in [0.05, 0.1) is 21.3 Å². The number of hydrogen-bond acceptors (Lipinski definition) is 5. The minimum atomic E-state index is -3.32. The first-order chi connectivity index (χ1) is 11.9. The molecule has 0 saturated heterocycles. The van der Waals surface area contributed by atoms with Gasteiger partial charge in [-0.25, -0.2) is 13.4 Å². The molecule has 0 amide bonds. The van der Waals surface area contributed by atoms with Crippen LogP contribution in [0.1, 0.15) is 10.7 Å². The summed E-state index contributed by atoms with van der Waals surface area (Å²) in [6.07, 6.45) is 0.794. The molecule has 0 unspecified atom stereocenters. The molecule has 0 bridgehead atoms. The van der Waals surface area contributed by atoms with E-state index in [1.807, 2.05) is 12.3 Å². The molecule has 26 heavy (non-hydrogen) atoms. The lowest BCUT2D eigenvalue weighted by Gasteiger charge is -2.11. The summed E-state index contributed by atoms with van der Waals surface area (Å²) in [6.45, 7) is 2.95. The monoisotopic (exact) mass is 572 g/mol. The molecular weight excluding hydrogens is 551 g/mol. The molecule has 0 spiro atoms. The number of nitrogens with one attached hydrogen (secondary N) is 2. The Labute approximate surface area is 184 Å². The average molecular weight is 573 g/mol. The Bertz CT molecular complexity index is 823. The molecule has 2 aromatic rings. The molecular formula is C16H22BrIN4O2S2. The third kappa shape index (κ3) is 7.49. The number of thiazole rings is 1. The van der Waals surface area contributed by atoms with Crippen LogP contribution in [0.5, 0.6) is 0 Å². The fourth-order valence-electron chi connectivity index (χ4n) is 2.12. The Morgan fingerprint density at radius 1 is 1.23 bits per heavy atom. The maximum Gasteiger partial charge on any atom is 0.191 e. The van der Waals surface area contributed by atoms with E-state index in [1.54, 1.807) is 42.6 Å². The molecule has 0 atom stereocenters. The zero-order valence-corrected chi connectivity index (χ0v) is 20.1. The van der Waals surface area contributed by atoms with Crippen LogP contribution in [-0.2, 0) is 16.3 Å². The molecule has 6 nitrogen and oxygen atoms in total. The second-order valence-electron chi connectivity index (χ2n) is 5.31. The van der Waals surface area contributed by atoms with Crippen LogP contribution in [0.15, 0.2) is 44.0 Å². The largest absolute Gasteiger partial charge is 0.356 e. The fourth-order valence-corrected chi connectivity index (χ4v) is 4.18. The summed E-state index contributed by atoms with van der Waals surface area (Å²) in [5, 5.41) is 9.29. The average Bonchev–Trinajstić information content (AvgIpc) is 2.99. The summed E-state index contributed by atoms with van der Waals surface area (Å²) < 4.78 is 25.4. The van der Waals surface area contributed by atoms with Gasteiger partial charge >= 0.3 is 0 Å². The van der Waals surface area contributed by atoms with E-state index in [-0.39, 0.29) is 36.3 Å². The summed E-state index contributed by atoms with van der Waals surface area (Å²) in [4.78, 5) is 8.83. The molecule has 0 radical (unpaired) electrons. The van der Waals surface area contributed by atoms with E-state index < -0.39 is 9.84 Å². The van der Waals surface area contributed by atoms with E-state index in [0.29, 0.717) is 17.4 Å². The van der Waals surface area contributed by atoms with E-state index in [4.69, 9.17) is 0 Å². The lowest BCUT2D eigenvalue weighted by atomic mass is 10.3. The normalized spacial score (nSPS) is 11.7. The zero-order valence-electron chi connectivity index (χ0n) is 14.5. The summed E-state index contributed by atoms with van der Waals surface area (Å²) in [6, 6.07) is 6.65. The summed E-state index contributed by atoms with van der Waals surface area (Å²) in [5.41, 5.74) is 1.04. The van der Waals surface area contributed by atoms with Crippen LogP contribution in [0.3, 0.4) is 0 Å². The van der Waals surface area contributed by atoms with Gasteiger partial charge in [0.1, 0.15) is 0 Å². The Balaban J connectivity index is 0.00000338. The van der Waals surface area contributed by atoms with Crippen molar-refractivity contribution in [1.82, 2.24) is 15.6 Å².